The monoisotopic (exact) mass is 456 g/mol. The van der Waals surface area contributed by atoms with E-state index in [0.717, 1.165) is 38.0 Å². The second-order valence-electron chi connectivity index (χ2n) is 6.99. The quantitative estimate of drug-likeness (QED) is 0.531. The molecule has 0 unspecified atom stereocenters. The Morgan fingerprint density at radius 2 is 2.07 bits per heavy atom. The van der Waals surface area contributed by atoms with Gasteiger partial charge in [0.2, 0.25) is 5.91 Å². The zero-order valence-electron chi connectivity index (χ0n) is 17.0. The average Bonchev–Trinajstić information content (AvgIpc) is 3.12. The van der Waals surface area contributed by atoms with Crippen molar-refractivity contribution in [1.29, 1.82) is 0 Å². The number of likely N-dealkylation sites (tertiary alicyclic amines) is 1. The molecular formula is C22H27Cl2FN2O3. The van der Waals surface area contributed by atoms with E-state index >= 15 is 0 Å². The molecule has 1 amide bonds. The minimum absolute atomic E-state index is 0. The highest BCUT2D eigenvalue weighted by molar-refractivity contribution is 6.31. The lowest BCUT2D eigenvalue weighted by Gasteiger charge is -2.17. The predicted octanol–water partition coefficient (Wildman–Crippen LogP) is 4.59. The lowest BCUT2D eigenvalue weighted by atomic mass is 10.1. The van der Waals surface area contributed by atoms with Crippen LogP contribution in [0.25, 0.3) is 0 Å². The molecule has 0 bridgehead atoms. The highest BCUT2D eigenvalue weighted by atomic mass is 35.5. The van der Waals surface area contributed by atoms with Crippen LogP contribution in [0.4, 0.5) is 4.39 Å². The van der Waals surface area contributed by atoms with E-state index in [-0.39, 0.29) is 30.7 Å². The highest BCUT2D eigenvalue weighted by Gasteiger charge is 2.19. The van der Waals surface area contributed by atoms with Crippen molar-refractivity contribution in [2.75, 3.05) is 26.7 Å². The third-order valence-corrected chi connectivity index (χ3v) is 5.29. The topological polar surface area (TPSA) is 50.8 Å². The summed E-state index contributed by atoms with van der Waals surface area (Å²) >= 11 is 6.10. The van der Waals surface area contributed by atoms with Crippen LogP contribution in [0.5, 0.6) is 11.5 Å². The summed E-state index contributed by atoms with van der Waals surface area (Å²) in [6.45, 7) is 3.28. The summed E-state index contributed by atoms with van der Waals surface area (Å²) in [5.74, 6) is 1.15. The Hall–Kier alpha value is -2.02. The first kappa shape index (κ1) is 24.3. The summed E-state index contributed by atoms with van der Waals surface area (Å²) < 4.78 is 24.7. The molecule has 2 aromatic carbocycles. The molecule has 1 heterocycles. The van der Waals surface area contributed by atoms with Gasteiger partial charge in [0, 0.05) is 37.2 Å². The van der Waals surface area contributed by atoms with Crippen molar-refractivity contribution < 1.29 is 18.7 Å². The van der Waals surface area contributed by atoms with Gasteiger partial charge < -0.3 is 19.7 Å². The molecule has 0 aromatic heterocycles. The number of hydrogen-bond donors (Lipinski definition) is 1. The number of nitrogens with zero attached hydrogens (tertiary/aromatic N) is 1. The molecule has 30 heavy (non-hydrogen) atoms. The van der Waals surface area contributed by atoms with Gasteiger partial charge >= 0.3 is 0 Å². The van der Waals surface area contributed by atoms with Crippen molar-refractivity contribution >= 4 is 29.9 Å². The summed E-state index contributed by atoms with van der Waals surface area (Å²) in [6, 6.07) is 9.97. The summed E-state index contributed by atoms with van der Waals surface area (Å²) in [7, 11) is 1.59. The van der Waals surface area contributed by atoms with Crippen LogP contribution in [-0.2, 0) is 17.9 Å². The number of nitrogens with one attached hydrogen (secondary N) is 1. The van der Waals surface area contributed by atoms with Crippen molar-refractivity contribution in [3.63, 3.8) is 0 Å². The van der Waals surface area contributed by atoms with Crippen LogP contribution in [0.3, 0.4) is 0 Å². The number of amides is 1. The molecule has 2 aromatic rings. The molecule has 1 N–H and O–H groups in total. The van der Waals surface area contributed by atoms with E-state index in [9.17, 15) is 9.18 Å². The number of carbonyl (C=O) groups excluding carboxylic acids is 1. The summed E-state index contributed by atoms with van der Waals surface area (Å²) in [6.07, 6.45) is 2.54. The van der Waals surface area contributed by atoms with Gasteiger partial charge in [-0.3, -0.25) is 4.79 Å². The first-order valence-electron chi connectivity index (χ1n) is 9.79. The van der Waals surface area contributed by atoms with Crippen LogP contribution >= 0.6 is 24.0 Å². The van der Waals surface area contributed by atoms with E-state index in [4.69, 9.17) is 21.1 Å². The van der Waals surface area contributed by atoms with Crippen molar-refractivity contribution in [3.05, 3.63) is 58.4 Å². The van der Waals surface area contributed by atoms with Crippen molar-refractivity contribution in [2.24, 2.45) is 0 Å². The van der Waals surface area contributed by atoms with Gasteiger partial charge in [0.05, 0.1) is 12.1 Å². The molecule has 0 saturated carbocycles. The van der Waals surface area contributed by atoms with E-state index in [1.807, 2.05) is 23.1 Å². The first-order valence-corrected chi connectivity index (χ1v) is 10.2. The smallest absolute Gasteiger partial charge is 0.222 e. The van der Waals surface area contributed by atoms with E-state index in [1.54, 1.807) is 13.2 Å². The van der Waals surface area contributed by atoms with Crippen LogP contribution in [0.15, 0.2) is 36.4 Å². The Kier molecular flexibility index (Phi) is 9.69. The highest BCUT2D eigenvalue weighted by Crippen LogP contribution is 2.32. The third kappa shape index (κ3) is 6.49. The van der Waals surface area contributed by atoms with E-state index in [1.165, 1.54) is 12.1 Å². The van der Waals surface area contributed by atoms with E-state index in [0.29, 0.717) is 35.1 Å². The van der Waals surface area contributed by atoms with Crippen LogP contribution in [-0.4, -0.2) is 37.6 Å². The summed E-state index contributed by atoms with van der Waals surface area (Å²) in [5, 5.41) is 3.73. The Bertz CT molecular complexity index is 851. The number of methoxy groups -OCH3 is 1. The molecule has 1 saturated heterocycles. The molecule has 1 fully saturated rings. The Morgan fingerprint density at radius 1 is 1.23 bits per heavy atom. The summed E-state index contributed by atoms with van der Waals surface area (Å²) in [4.78, 5) is 13.6. The van der Waals surface area contributed by atoms with Crippen LogP contribution in [0, 0.1) is 5.82 Å². The van der Waals surface area contributed by atoms with Gasteiger partial charge in [0.25, 0.3) is 0 Å². The predicted molar refractivity (Wildman–Crippen MR) is 118 cm³/mol. The van der Waals surface area contributed by atoms with Crippen LogP contribution in [0.2, 0.25) is 5.02 Å². The Labute approximate surface area is 187 Å². The Balaban J connectivity index is 0.00000320. The lowest BCUT2D eigenvalue weighted by molar-refractivity contribution is -0.127. The molecule has 0 radical (unpaired) electrons. The van der Waals surface area contributed by atoms with Crippen LogP contribution in [0.1, 0.15) is 30.4 Å². The SMILES string of the molecule is COc1cccc(CNCCCN2CCCC2=O)c1OCc1ccc(F)cc1Cl.Cl. The molecule has 164 valence electrons. The fraction of sp³-hybridized carbons (Fsp3) is 0.409. The third-order valence-electron chi connectivity index (χ3n) is 4.94. The summed E-state index contributed by atoms with van der Waals surface area (Å²) in [5.41, 5.74) is 1.66. The van der Waals surface area contributed by atoms with E-state index < -0.39 is 0 Å². The maximum Gasteiger partial charge on any atom is 0.222 e. The minimum atomic E-state index is -0.378. The zero-order chi connectivity index (χ0) is 20.6. The molecule has 5 nitrogen and oxygen atoms in total. The largest absolute Gasteiger partial charge is 0.493 e. The lowest BCUT2D eigenvalue weighted by Crippen LogP contribution is -2.28. The van der Waals surface area contributed by atoms with Gasteiger partial charge in [-0.2, -0.15) is 0 Å². The average molecular weight is 457 g/mol. The Morgan fingerprint density at radius 3 is 2.77 bits per heavy atom. The number of ether oxygens (including phenoxy) is 2. The van der Waals surface area contributed by atoms with Crippen molar-refractivity contribution in [1.82, 2.24) is 10.2 Å². The van der Waals surface area contributed by atoms with Crippen molar-refractivity contribution in [3.8, 4) is 11.5 Å². The maximum atomic E-state index is 13.2. The molecule has 3 rings (SSSR count). The van der Waals surface area contributed by atoms with Gasteiger partial charge in [0.15, 0.2) is 11.5 Å². The van der Waals surface area contributed by atoms with Gasteiger partial charge in [-0.05, 0) is 37.6 Å². The van der Waals surface area contributed by atoms with Crippen molar-refractivity contribution in [2.45, 2.75) is 32.4 Å². The standard InChI is InChI=1S/C22H26ClFN2O3.ClH/c1-28-20-6-2-5-16(14-25-10-4-12-26-11-3-7-21(26)27)22(20)29-15-17-8-9-18(24)13-19(17)23;/h2,5-6,8-9,13,25H,3-4,7,10-12,14-15H2,1H3;1H. The number of halogens is 3. The molecule has 0 atom stereocenters. The van der Waals surface area contributed by atoms with Gasteiger partial charge in [-0.1, -0.05) is 29.8 Å². The normalized spacial score (nSPS) is 13.3. The zero-order valence-corrected chi connectivity index (χ0v) is 18.5. The number of benzene rings is 2. The molecule has 0 spiro atoms. The molecule has 1 aliphatic heterocycles. The van der Waals surface area contributed by atoms with Gasteiger partial charge in [0.1, 0.15) is 12.4 Å². The van der Waals surface area contributed by atoms with Crippen LogP contribution < -0.4 is 14.8 Å². The van der Waals surface area contributed by atoms with Gasteiger partial charge in [-0.15, -0.1) is 12.4 Å². The first-order chi connectivity index (χ1) is 14.1. The van der Waals surface area contributed by atoms with E-state index in [2.05, 4.69) is 5.32 Å². The second kappa shape index (κ2) is 12.0. The molecular weight excluding hydrogens is 430 g/mol. The number of para-hydroxylation sites is 1. The molecule has 0 aliphatic carbocycles. The molecule has 8 heteroatoms. The number of rotatable bonds is 10. The number of hydrogen-bond acceptors (Lipinski definition) is 4. The molecule has 1 aliphatic rings. The maximum absolute atomic E-state index is 13.2. The fourth-order valence-electron chi connectivity index (χ4n) is 3.37. The second-order valence-corrected chi connectivity index (χ2v) is 7.39. The minimum Gasteiger partial charge on any atom is -0.493 e. The van der Waals surface area contributed by atoms with Gasteiger partial charge in [-0.25, -0.2) is 4.39 Å². The fourth-order valence-corrected chi connectivity index (χ4v) is 3.59. The number of carbonyl (C=O) groups is 1.